The molecule has 0 radical (unpaired) electrons. The van der Waals surface area contributed by atoms with E-state index in [1.165, 1.54) is 135 Å². The standard InChI is InChI=1S/C45H87NO5/c1-4-7-10-13-16-19-21-22-23-25-27-30-33-36-41(51-45(50)38-35-32-29-24-18-15-12-9-6-3)39-44(49)46-42(40-47)43(48)37-34-31-28-26-20-17-14-11-8-5-2/h19,21,41-43,47-48H,4-18,20,22-40H2,1-3H3,(H,46,49)/b21-19-. The fourth-order valence-corrected chi connectivity index (χ4v) is 6.89. The van der Waals surface area contributed by atoms with Crippen LogP contribution in [0.1, 0.15) is 239 Å². The van der Waals surface area contributed by atoms with Crippen molar-refractivity contribution in [2.45, 2.75) is 257 Å². The van der Waals surface area contributed by atoms with E-state index in [9.17, 15) is 19.8 Å². The Bertz CT molecular complexity index is 772. The van der Waals surface area contributed by atoms with Crippen LogP contribution in [0.5, 0.6) is 0 Å². The van der Waals surface area contributed by atoms with Gasteiger partial charge in [-0.15, -0.1) is 0 Å². The van der Waals surface area contributed by atoms with E-state index in [-0.39, 0.29) is 24.9 Å². The summed E-state index contributed by atoms with van der Waals surface area (Å²) in [6.07, 6.45) is 41.3. The van der Waals surface area contributed by atoms with Crippen molar-refractivity contribution in [1.82, 2.24) is 5.32 Å². The van der Waals surface area contributed by atoms with Gasteiger partial charge in [0.25, 0.3) is 0 Å². The number of rotatable bonds is 40. The third kappa shape index (κ3) is 35.4. The van der Waals surface area contributed by atoms with Crippen molar-refractivity contribution in [3.8, 4) is 0 Å². The number of hydrogen-bond donors (Lipinski definition) is 3. The van der Waals surface area contributed by atoms with Gasteiger partial charge in [-0.25, -0.2) is 0 Å². The number of esters is 1. The second kappa shape index (κ2) is 39.8. The molecule has 0 aromatic carbocycles. The van der Waals surface area contributed by atoms with Crippen molar-refractivity contribution in [3.05, 3.63) is 12.2 Å². The molecule has 3 N–H and O–H groups in total. The SMILES string of the molecule is CCCCCC/C=C\CCCCCCCC(CC(=O)NC(CO)C(O)CCCCCCCCCCCC)OC(=O)CCCCCCCCCCC. The molecular formula is C45H87NO5. The minimum atomic E-state index is -0.781. The number of aliphatic hydroxyl groups is 2. The quantitative estimate of drug-likeness (QED) is 0.0332. The summed E-state index contributed by atoms with van der Waals surface area (Å²) in [6.45, 7) is 6.43. The summed E-state index contributed by atoms with van der Waals surface area (Å²) in [4.78, 5) is 25.9. The lowest BCUT2D eigenvalue weighted by molar-refractivity contribution is -0.151. The van der Waals surface area contributed by atoms with Gasteiger partial charge in [-0.3, -0.25) is 9.59 Å². The molecule has 0 aliphatic rings. The first kappa shape index (κ1) is 49.6. The Morgan fingerprint density at radius 3 is 1.41 bits per heavy atom. The number of allylic oxidation sites excluding steroid dienone is 2. The van der Waals surface area contributed by atoms with Gasteiger partial charge in [-0.05, 0) is 51.4 Å². The lowest BCUT2D eigenvalue weighted by atomic mass is 10.0. The van der Waals surface area contributed by atoms with Crippen LogP contribution in [0, 0.1) is 0 Å². The van der Waals surface area contributed by atoms with Gasteiger partial charge in [0.05, 0.1) is 25.2 Å². The molecule has 0 bridgehead atoms. The molecule has 3 atom stereocenters. The Kier molecular flexibility index (Phi) is 38.7. The third-order valence-electron chi connectivity index (χ3n) is 10.3. The summed E-state index contributed by atoms with van der Waals surface area (Å²) < 4.78 is 5.88. The normalized spacial score (nSPS) is 13.4. The van der Waals surface area contributed by atoms with E-state index in [4.69, 9.17) is 4.74 Å². The molecule has 6 heteroatoms. The first-order chi connectivity index (χ1) is 25.0. The second-order valence-corrected chi connectivity index (χ2v) is 15.5. The first-order valence-electron chi connectivity index (χ1n) is 22.4. The zero-order valence-electron chi connectivity index (χ0n) is 34.3. The molecule has 0 aromatic heterocycles. The lowest BCUT2D eigenvalue weighted by Crippen LogP contribution is -2.46. The molecule has 0 aliphatic heterocycles. The number of nitrogens with one attached hydrogen (secondary N) is 1. The molecule has 0 rings (SSSR count). The highest BCUT2D eigenvalue weighted by atomic mass is 16.5. The van der Waals surface area contributed by atoms with Crippen molar-refractivity contribution in [2.75, 3.05) is 6.61 Å². The summed E-state index contributed by atoms with van der Waals surface area (Å²) in [7, 11) is 0. The average Bonchev–Trinajstić information content (AvgIpc) is 3.12. The highest BCUT2D eigenvalue weighted by Gasteiger charge is 2.24. The molecule has 302 valence electrons. The van der Waals surface area contributed by atoms with E-state index in [0.717, 1.165) is 57.8 Å². The van der Waals surface area contributed by atoms with Gasteiger partial charge in [0.1, 0.15) is 6.10 Å². The number of carbonyl (C=O) groups excluding carboxylic acids is 2. The van der Waals surface area contributed by atoms with Crippen LogP contribution < -0.4 is 5.32 Å². The van der Waals surface area contributed by atoms with E-state index in [1.54, 1.807) is 0 Å². The van der Waals surface area contributed by atoms with Crippen LogP contribution in [-0.4, -0.2) is 46.9 Å². The minimum absolute atomic E-state index is 0.0774. The number of hydrogen-bond acceptors (Lipinski definition) is 5. The van der Waals surface area contributed by atoms with E-state index in [1.807, 2.05) is 0 Å². The van der Waals surface area contributed by atoms with Crippen LogP contribution in [0.2, 0.25) is 0 Å². The average molecular weight is 722 g/mol. The second-order valence-electron chi connectivity index (χ2n) is 15.5. The number of unbranched alkanes of at least 4 members (excludes halogenated alkanes) is 26. The van der Waals surface area contributed by atoms with Crippen molar-refractivity contribution in [1.29, 1.82) is 0 Å². The molecule has 0 spiro atoms. The van der Waals surface area contributed by atoms with Crippen LogP contribution in [0.3, 0.4) is 0 Å². The van der Waals surface area contributed by atoms with Gasteiger partial charge >= 0.3 is 5.97 Å². The van der Waals surface area contributed by atoms with Crippen LogP contribution >= 0.6 is 0 Å². The van der Waals surface area contributed by atoms with E-state index >= 15 is 0 Å². The monoisotopic (exact) mass is 722 g/mol. The lowest BCUT2D eigenvalue weighted by Gasteiger charge is -2.24. The molecule has 0 aromatic rings. The maximum Gasteiger partial charge on any atom is 0.306 e. The highest BCUT2D eigenvalue weighted by molar-refractivity contribution is 5.77. The summed E-state index contributed by atoms with van der Waals surface area (Å²) in [5.74, 6) is -0.476. The maximum atomic E-state index is 13.1. The predicted molar refractivity (Wildman–Crippen MR) is 218 cm³/mol. The molecule has 0 heterocycles. The van der Waals surface area contributed by atoms with E-state index in [2.05, 4.69) is 38.2 Å². The Balaban J connectivity index is 4.59. The van der Waals surface area contributed by atoms with Crippen molar-refractivity contribution in [2.24, 2.45) is 0 Å². The van der Waals surface area contributed by atoms with Crippen LogP contribution in [-0.2, 0) is 14.3 Å². The van der Waals surface area contributed by atoms with Gasteiger partial charge < -0.3 is 20.3 Å². The molecule has 0 saturated carbocycles. The zero-order valence-corrected chi connectivity index (χ0v) is 34.3. The molecule has 3 unspecified atom stereocenters. The first-order valence-corrected chi connectivity index (χ1v) is 22.4. The molecule has 0 fully saturated rings. The molecule has 6 nitrogen and oxygen atoms in total. The zero-order chi connectivity index (χ0) is 37.5. The smallest absolute Gasteiger partial charge is 0.306 e. The number of carbonyl (C=O) groups is 2. The molecular weight excluding hydrogens is 634 g/mol. The van der Waals surface area contributed by atoms with E-state index in [0.29, 0.717) is 19.3 Å². The Hall–Kier alpha value is -1.40. The van der Waals surface area contributed by atoms with Crippen LogP contribution in [0.15, 0.2) is 12.2 Å². The number of aliphatic hydroxyl groups excluding tert-OH is 2. The molecule has 51 heavy (non-hydrogen) atoms. The van der Waals surface area contributed by atoms with Gasteiger partial charge in [0.2, 0.25) is 5.91 Å². The van der Waals surface area contributed by atoms with Crippen molar-refractivity contribution < 1.29 is 24.5 Å². The van der Waals surface area contributed by atoms with Crippen molar-refractivity contribution >= 4 is 11.9 Å². The van der Waals surface area contributed by atoms with Gasteiger partial charge in [-0.1, -0.05) is 187 Å². The van der Waals surface area contributed by atoms with E-state index < -0.39 is 18.2 Å². The van der Waals surface area contributed by atoms with Crippen LogP contribution in [0.4, 0.5) is 0 Å². The Labute approximate surface area is 317 Å². The summed E-state index contributed by atoms with van der Waals surface area (Å²) in [6, 6.07) is -0.695. The molecule has 0 saturated heterocycles. The molecule has 1 amide bonds. The van der Waals surface area contributed by atoms with Gasteiger partial charge in [0.15, 0.2) is 0 Å². The maximum absolute atomic E-state index is 13.1. The van der Waals surface area contributed by atoms with Crippen molar-refractivity contribution in [3.63, 3.8) is 0 Å². The fourth-order valence-electron chi connectivity index (χ4n) is 6.89. The predicted octanol–water partition coefficient (Wildman–Crippen LogP) is 12.6. The van der Waals surface area contributed by atoms with Gasteiger partial charge in [0, 0.05) is 6.42 Å². The highest BCUT2D eigenvalue weighted by Crippen LogP contribution is 2.17. The minimum Gasteiger partial charge on any atom is -0.462 e. The molecule has 0 aliphatic carbocycles. The third-order valence-corrected chi connectivity index (χ3v) is 10.3. The summed E-state index contributed by atoms with van der Waals surface area (Å²) in [5.41, 5.74) is 0. The Morgan fingerprint density at radius 2 is 0.941 bits per heavy atom. The summed E-state index contributed by atoms with van der Waals surface area (Å²) in [5, 5.41) is 23.6. The number of ether oxygens (including phenoxy) is 1. The number of amides is 1. The van der Waals surface area contributed by atoms with Gasteiger partial charge in [-0.2, -0.15) is 0 Å². The Morgan fingerprint density at radius 1 is 0.549 bits per heavy atom. The fraction of sp³-hybridized carbons (Fsp3) is 0.911. The topological polar surface area (TPSA) is 95.9 Å². The van der Waals surface area contributed by atoms with Crippen LogP contribution in [0.25, 0.3) is 0 Å². The largest absolute Gasteiger partial charge is 0.462 e. The summed E-state index contributed by atoms with van der Waals surface area (Å²) >= 11 is 0.